The number of piperidine rings is 1. The number of benzene rings is 2. The lowest BCUT2D eigenvalue weighted by Crippen LogP contribution is -2.43. The quantitative estimate of drug-likeness (QED) is 0.861. The van der Waals surface area contributed by atoms with Gasteiger partial charge in [-0.15, -0.1) is 0 Å². The van der Waals surface area contributed by atoms with Gasteiger partial charge in [-0.25, -0.2) is 0 Å². The van der Waals surface area contributed by atoms with Gasteiger partial charge in [-0.2, -0.15) is 0 Å². The van der Waals surface area contributed by atoms with E-state index in [4.69, 9.17) is 5.73 Å². The molecule has 2 aromatic rings. The van der Waals surface area contributed by atoms with Gasteiger partial charge in [-0.3, -0.25) is 4.79 Å². The van der Waals surface area contributed by atoms with E-state index in [1.54, 1.807) is 0 Å². The van der Waals surface area contributed by atoms with E-state index in [0.717, 1.165) is 49.8 Å². The second-order valence-corrected chi connectivity index (χ2v) is 6.93. The van der Waals surface area contributed by atoms with Crippen LogP contribution in [0.25, 0.3) is 0 Å². The number of hydrogen-bond donors (Lipinski definition) is 1. The lowest BCUT2D eigenvalue weighted by atomic mass is 9.95. The third-order valence-electron chi connectivity index (χ3n) is 5.17. The third kappa shape index (κ3) is 4.70. The second-order valence-electron chi connectivity index (χ2n) is 6.93. The molecule has 1 fully saturated rings. The third-order valence-corrected chi connectivity index (χ3v) is 5.17. The largest absolute Gasteiger partial charge is 0.336 e. The highest BCUT2D eigenvalue weighted by molar-refractivity contribution is 5.94. The molecule has 0 radical (unpaired) electrons. The molecule has 1 saturated heterocycles. The standard InChI is InChI=1S/C22H28N2O/c23-17-19-12-14-20(15-13-19)22(25)24-16-5-4-10-21(24)11-6-9-18-7-2-1-3-8-18/h1-3,7-8,12-15,21H,4-6,9-11,16-17,23H2. The Kier molecular flexibility index (Phi) is 6.24. The number of amides is 1. The minimum Gasteiger partial charge on any atom is -0.336 e. The Morgan fingerprint density at radius 2 is 1.76 bits per heavy atom. The second kappa shape index (κ2) is 8.82. The zero-order chi connectivity index (χ0) is 17.5. The van der Waals surface area contributed by atoms with Crippen LogP contribution in [-0.2, 0) is 13.0 Å². The molecule has 0 saturated carbocycles. The molecule has 0 bridgehead atoms. The number of aryl methyl sites for hydroxylation is 1. The summed E-state index contributed by atoms with van der Waals surface area (Å²) in [6, 6.07) is 18.7. The normalized spacial score (nSPS) is 17.5. The van der Waals surface area contributed by atoms with Crippen molar-refractivity contribution in [3.63, 3.8) is 0 Å². The van der Waals surface area contributed by atoms with Crippen LogP contribution in [0.5, 0.6) is 0 Å². The van der Waals surface area contributed by atoms with E-state index in [0.29, 0.717) is 12.6 Å². The van der Waals surface area contributed by atoms with Crippen LogP contribution in [0.3, 0.4) is 0 Å². The van der Waals surface area contributed by atoms with Crippen LogP contribution in [0.2, 0.25) is 0 Å². The van der Waals surface area contributed by atoms with E-state index in [9.17, 15) is 4.79 Å². The summed E-state index contributed by atoms with van der Waals surface area (Å²) in [5.74, 6) is 0.174. The molecule has 3 heteroatoms. The van der Waals surface area contributed by atoms with Crippen molar-refractivity contribution in [2.24, 2.45) is 5.73 Å². The predicted molar refractivity (Wildman–Crippen MR) is 102 cm³/mol. The Bertz CT molecular complexity index is 666. The van der Waals surface area contributed by atoms with E-state index in [-0.39, 0.29) is 5.91 Å². The lowest BCUT2D eigenvalue weighted by Gasteiger charge is -2.36. The van der Waals surface area contributed by atoms with Crippen molar-refractivity contribution < 1.29 is 4.79 Å². The molecule has 2 N–H and O–H groups in total. The molecule has 3 nitrogen and oxygen atoms in total. The van der Waals surface area contributed by atoms with Gasteiger partial charge in [0.25, 0.3) is 5.91 Å². The molecule has 132 valence electrons. The van der Waals surface area contributed by atoms with Gasteiger partial charge >= 0.3 is 0 Å². The van der Waals surface area contributed by atoms with E-state index in [1.807, 2.05) is 24.3 Å². The van der Waals surface area contributed by atoms with Gasteiger partial charge in [-0.05, 0) is 61.8 Å². The number of rotatable bonds is 6. The van der Waals surface area contributed by atoms with Gasteiger partial charge in [0, 0.05) is 24.7 Å². The highest BCUT2D eigenvalue weighted by Gasteiger charge is 2.26. The molecule has 1 amide bonds. The number of carbonyl (C=O) groups excluding carboxylic acids is 1. The Morgan fingerprint density at radius 3 is 2.48 bits per heavy atom. The topological polar surface area (TPSA) is 46.3 Å². The van der Waals surface area contributed by atoms with Crippen LogP contribution in [0.4, 0.5) is 0 Å². The molecule has 3 rings (SSSR count). The van der Waals surface area contributed by atoms with Crippen LogP contribution >= 0.6 is 0 Å². The number of nitrogens with zero attached hydrogens (tertiary/aromatic N) is 1. The van der Waals surface area contributed by atoms with E-state index < -0.39 is 0 Å². The first kappa shape index (κ1) is 17.7. The van der Waals surface area contributed by atoms with Gasteiger partial charge < -0.3 is 10.6 Å². The first-order valence-corrected chi connectivity index (χ1v) is 9.42. The molecule has 0 aromatic heterocycles. The summed E-state index contributed by atoms with van der Waals surface area (Å²) in [5, 5.41) is 0. The summed E-state index contributed by atoms with van der Waals surface area (Å²) >= 11 is 0. The summed E-state index contributed by atoms with van der Waals surface area (Å²) in [6.07, 6.45) is 6.77. The summed E-state index contributed by atoms with van der Waals surface area (Å²) in [5.41, 5.74) is 8.88. The highest BCUT2D eigenvalue weighted by atomic mass is 16.2. The van der Waals surface area contributed by atoms with Gasteiger partial charge in [0.05, 0.1) is 0 Å². The minimum atomic E-state index is 0.174. The van der Waals surface area contributed by atoms with E-state index in [1.165, 1.54) is 12.0 Å². The zero-order valence-electron chi connectivity index (χ0n) is 14.9. The molecule has 1 unspecified atom stereocenters. The highest BCUT2D eigenvalue weighted by Crippen LogP contribution is 2.24. The van der Waals surface area contributed by atoms with E-state index >= 15 is 0 Å². The predicted octanol–water partition coefficient (Wildman–Crippen LogP) is 4.16. The van der Waals surface area contributed by atoms with Gasteiger partial charge in [0.1, 0.15) is 0 Å². The van der Waals surface area contributed by atoms with Gasteiger partial charge in [0.2, 0.25) is 0 Å². The van der Waals surface area contributed by atoms with Crippen molar-refractivity contribution in [3.05, 3.63) is 71.3 Å². The van der Waals surface area contributed by atoms with E-state index in [2.05, 4.69) is 35.2 Å². The minimum absolute atomic E-state index is 0.174. The van der Waals surface area contributed by atoms with Crippen molar-refractivity contribution in [1.29, 1.82) is 0 Å². The molecular weight excluding hydrogens is 308 g/mol. The summed E-state index contributed by atoms with van der Waals surface area (Å²) in [6.45, 7) is 1.40. The fourth-order valence-electron chi connectivity index (χ4n) is 3.70. The maximum Gasteiger partial charge on any atom is 0.254 e. The molecule has 1 heterocycles. The zero-order valence-corrected chi connectivity index (χ0v) is 14.9. The van der Waals surface area contributed by atoms with Crippen LogP contribution in [0.1, 0.15) is 53.6 Å². The monoisotopic (exact) mass is 336 g/mol. The SMILES string of the molecule is NCc1ccc(C(=O)N2CCCCC2CCCc2ccccc2)cc1. The smallest absolute Gasteiger partial charge is 0.254 e. The number of nitrogens with two attached hydrogens (primary N) is 1. The molecule has 1 atom stereocenters. The average Bonchev–Trinajstić information content (AvgIpc) is 2.69. The number of likely N-dealkylation sites (tertiary alicyclic amines) is 1. The first-order chi connectivity index (χ1) is 12.3. The Hall–Kier alpha value is -2.13. The fraction of sp³-hybridized carbons (Fsp3) is 0.409. The maximum absolute atomic E-state index is 12.9. The van der Waals surface area contributed by atoms with Gasteiger partial charge in [-0.1, -0.05) is 42.5 Å². The Balaban J connectivity index is 1.60. The lowest BCUT2D eigenvalue weighted by molar-refractivity contribution is 0.0599. The average molecular weight is 336 g/mol. The Labute approximate surface area is 150 Å². The molecule has 2 aromatic carbocycles. The van der Waals surface area contributed by atoms with Crippen molar-refractivity contribution >= 4 is 5.91 Å². The van der Waals surface area contributed by atoms with Gasteiger partial charge in [0.15, 0.2) is 0 Å². The molecule has 1 aliphatic heterocycles. The molecule has 0 aliphatic carbocycles. The molecule has 1 aliphatic rings. The summed E-state index contributed by atoms with van der Waals surface area (Å²) in [7, 11) is 0. The van der Waals surface area contributed by atoms with Crippen LogP contribution in [0.15, 0.2) is 54.6 Å². The van der Waals surface area contributed by atoms with Crippen molar-refractivity contribution in [2.45, 2.75) is 51.1 Å². The summed E-state index contributed by atoms with van der Waals surface area (Å²) < 4.78 is 0. The van der Waals surface area contributed by atoms with Crippen LogP contribution < -0.4 is 5.73 Å². The van der Waals surface area contributed by atoms with Crippen molar-refractivity contribution in [3.8, 4) is 0 Å². The molecule has 25 heavy (non-hydrogen) atoms. The fourth-order valence-corrected chi connectivity index (χ4v) is 3.70. The number of hydrogen-bond acceptors (Lipinski definition) is 2. The Morgan fingerprint density at radius 1 is 1.00 bits per heavy atom. The molecular formula is C22H28N2O. The summed E-state index contributed by atoms with van der Waals surface area (Å²) in [4.78, 5) is 15.0. The van der Waals surface area contributed by atoms with Crippen LogP contribution in [0, 0.1) is 0 Å². The van der Waals surface area contributed by atoms with Crippen molar-refractivity contribution in [2.75, 3.05) is 6.54 Å². The van der Waals surface area contributed by atoms with Crippen molar-refractivity contribution in [1.82, 2.24) is 4.90 Å². The number of carbonyl (C=O) groups is 1. The van der Waals surface area contributed by atoms with Crippen LogP contribution in [-0.4, -0.2) is 23.4 Å². The first-order valence-electron chi connectivity index (χ1n) is 9.42. The molecule has 0 spiro atoms. The maximum atomic E-state index is 12.9.